The molecule has 67 heavy (non-hydrogen) atoms. The minimum Gasteiger partial charge on any atom is -0.467 e. The van der Waals surface area contributed by atoms with Crippen LogP contribution in [0.1, 0.15) is 94.6 Å². The summed E-state index contributed by atoms with van der Waals surface area (Å²) in [7, 11) is 1.45. The van der Waals surface area contributed by atoms with Gasteiger partial charge in [0.1, 0.15) is 12.7 Å². The van der Waals surface area contributed by atoms with Crippen LogP contribution in [0, 0.1) is 11.8 Å². The maximum Gasteiger partial charge on any atom is 0.353 e. The molecule has 0 amide bonds. The van der Waals surface area contributed by atoms with Crippen LogP contribution >= 0.6 is 0 Å². The van der Waals surface area contributed by atoms with Gasteiger partial charge in [0.15, 0.2) is 0 Å². The van der Waals surface area contributed by atoms with Gasteiger partial charge in [-0.25, -0.2) is 9.59 Å². The third-order valence-electron chi connectivity index (χ3n) is 11.9. The Morgan fingerprint density at radius 2 is 0.896 bits per heavy atom. The van der Waals surface area contributed by atoms with E-state index in [4.69, 9.17) is 28.4 Å². The predicted molar refractivity (Wildman–Crippen MR) is 259 cm³/mol. The van der Waals surface area contributed by atoms with Gasteiger partial charge >= 0.3 is 23.4 Å². The normalized spacial score (nSPS) is 20.0. The lowest BCUT2D eigenvalue weighted by atomic mass is 9.83. The molecule has 8 rings (SSSR count). The molecule has 6 atom stereocenters. The van der Waals surface area contributed by atoms with E-state index in [0.29, 0.717) is 46.2 Å². The number of hydrogen-bond donors (Lipinski definition) is 0. The number of aromatic nitrogens is 6. The zero-order valence-electron chi connectivity index (χ0n) is 37.3. The Morgan fingerprint density at radius 3 is 1.27 bits per heavy atom. The van der Waals surface area contributed by atoms with Gasteiger partial charge in [0.2, 0.25) is 0 Å². The second-order valence-electron chi connectivity index (χ2n) is 16.4. The maximum atomic E-state index is 12.6. The van der Waals surface area contributed by atoms with Crippen molar-refractivity contribution in [3.63, 3.8) is 0 Å². The molecule has 14 heteroatoms. The first-order chi connectivity index (χ1) is 31.9. The van der Waals surface area contributed by atoms with E-state index in [0.717, 1.165) is 60.8 Å². The average Bonchev–Trinajstić information content (AvgIpc) is 3.35. The SMILES string of the molecule is C.C.CCOc1ncn([C@H]2CCC(OCc3ccccc3)[C@@H](COCc3ccccc3)C2)c(=O)n1.COc1ncn([C@H]2CCC(OCc3ccccc3)[C@@H](COCc3ccccc3)C2)c(=O)n1. The number of rotatable bonds is 19. The van der Waals surface area contributed by atoms with Gasteiger partial charge in [0.05, 0.1) is 65.6 Å². The Kier molecular flexibility index (Phi) is 21.3. The van der Waals surface area contributed by atoms with Gasteiger partial charge in [-0.2, -0.15) is 9.97 Å². The molecule has 2 heterocycles. The van der Waals surface area contributed by atoms with Crippen molar-refractivity contribution in [2.24, 2.45) is 11.8 Å². The van der Waals surface area contributed by atoms with Crippen molar-refractivity contribution in [1.82, 2.24) is 29.1 Å². The first kappa shape index (κ1) is 51.9. The van der Waals surface area contributed by atoms with Gasteiger partial charge in [-0.15, -0.1) is 9.97 Å². The van der Waals surface area contributed by atoms with Crippen LogP contribution in [-0.4, -0.2) is 68.2 Å². The zero-order valence-corrected chi connectivity index (χ0v) is 37.3. The third-order valence-corrected chi connectivity index (χ3v) is 11.9. The molecule has 0 aliphatic heterocycles. The number of nitrogens with zero attached hydrogens (tertiary/aromatic N) is 6. The molecule has 2 aliphatic carbocycles. The quantitative estimate of drug-likeness (QED) is 0.0762. The first-order valence-electron chi connectivity index (χ1n) is 22.6. The number of hydrogen-bond acceptors (Lipinski definition) is 12. The molecule has 2 unspecified atom stereocenters. The van der Waals surface area contributed by atoms with Crippen LogP contribution in [0.4, 0.5) is 0 Å². The minimum absolute atomic E-state index is 0. The molecule has 4 aromatic carbocycles. The summed E-state index contributed by atoms with van der Waals surface area (Å²) in [4.78, 5) is 41.2. The van der Waals surface area contributed by atoms with Crippen molar-refractivity contribution in [3.05, 3.63) is 177 Å². The molecule has 0 N–H and O–H groups in total. The highest BCUT2D eigenvalue weighted by atomic mass is 16.5. The fraction of sp³-hybridized carbons (Fsp3) is 0.434. The van der Waals surface area contributed by atoms with Crippen molar-refractivity contribution in [3.8, 4) is 12.0 Å². The van der Waals surface area contributed by atoms with Crippen LogP contribution in [0.25, 0.3) is 0 Å². The van der Waals surface area contributed by atoms with Crippen LogP contribution in [0.2, 0.25) is 0 Å². The fourth-order valence-electron chi connectivity index (χ4n) is 8.53. The van der Waals surface area contributed by atoms with Crippen LogP contribution in [0.15, 0.2) is 144 Å². The topological polar surface area (TPSA) is 151 Å². The molecule has 358 valence electrons. The van der Waals surface area contributed by atoms with Crippen molar-refractivity contribution in [2.75, 3.05) is 26.9 Å². The van der Waals surface area contributed by atoms with Gasteiger partial charge < -0.3 is 28.4 Å². The van der Waals surface area contributed by atoms with Gasteiger partial charge in [0.25, 0.3) is 0 Å². The lowest BCUT2D eigenvalue weighted by Gasteiger charge is -2.36. The summed E-state index contributed by atoms with van der Waals surface area (Å²) in [5, 5.41) is 0. The van der Waals surface area contributed by atoms with E-state index in [9.17, 15) is 9.59 Å². The summed E-state index contributed by atoms with van der Waals surface area (Å²) < 4.78 is 38.3. The van der Waals surface area contributed by atoms with Gasteiger partial charge in [-0.1, -0.05) is 136 Å². The molecule has 2 fully saturated rings. The van der Waals surface area contributed by atoms with Crippen molar-refractivity contribution >= 4 is 0 Å². The van der Waals surface area contributed by atoms with Crippen LogP contribution in [0.5, 0.6) is 12.0 Å². The highest BCUT2D eigenvalue weighted by Crippen LogP contribution is 2.36. The van der Waals surface area contributed by atoms with Gasteiger partial charge in [-0.05, 0) is 67.7 Å². The van der Waals surface area contributed by atoms with Gasteiger partial charge in [-0.3, -0.25) is 9.13 Å². The fourth-order valence-corrected chi connectivity index (χ4v) is 8.53. The molecule has 6 aromatic rings. The van der Waals surface area contributed by atoms with E-state index in [2.05, 4.69) is 68.5 Å². The largest absolute Gasteiger partial charge is 0.467 e. The Hall–Kier alpha value is -6.06. The van der Waals surface area contributed by atoms with E-state index < -0.39 is 0 Å². The lowest BCUT2D eigenvalue weighted by Crippen LogP contribution is -2.38. The monoisotopic (exact) mass is 917 g/mol. The highest BCUT2D eigenvalue weighted by Gasteiger charge is 2.34. The van der Waals surface area contributed by atoms with Crippen LogP contribution in [-0.2, 0) is 45.4 Å². The standard InChI is InChI=1S/C26H31N3O4.C25H29N3O4.2CH4/c1-2-32-25-27-19-29(26(30)28-25)23-13-14-24(33-17-21-11-7-4-8-12-21)22(15-23)18-31-16-20-9-5-3-6-10-20;1-30-24-26-18-28(25(29)27-24)22-12-13-23(32-16-20-10-6-3-7-11-20)21(14-22)17-31-15-19-8-4-2-5-9-19;;/h3-12,19,22-24H,2,13-18H2,1H3;2-11,18,21-23H,12-17H2,1H3;2*1H4/t22-,23+,24?;21-,22+,23?;;/m11../s1. The smallest absolute Gasteiger partial charge is 0.353 e. The molecule has 2 aromatic heterocycles. The Morgan fingerprint density at radius 1 is 0.522 bits per heavy atom. The summed E-state index contributed by atoms with van der Waals surface area (Å²) in [6.45, 7) is 5.64. The van der Waals surface area contributed by atoms with E-state index in [1.165, 1.54) is 13.4 Å². The summed E-state index contributed by atoms with van der Waals surface area (Å²) in [6.07, 6.45) is 8.09. The van der Waals surface area contributed by atoms with E-state index in [1.54, 1.807) is 15.5 Å². The Balaban J connectivity index is 0.000000244. The molecule has 0 bridgehead atoms. The maximum absolute atomic E-state index is 12.6. The molecule has 0 spiro atoms. The molecule has 2 saturated carbocycles. The highest BCUT2D eigenvalue weighted by molar-refractivity contribution is 5.16. The number of benzene rings is 4. The Labute approximate surface area is 395 Å². The first-order valence-corrected chi connectivity index (χ1v) is 22.6. The predicted octanol–water partition coefficient (Wildman–Crippen LogP) is 9.24. The zero-order chi connectivity index (χ0) is 45.1. The minimum atomic E-state index is -0.338. The average molecular weight is 917 g/mol. The van der Waals surface area contributed by atoms with Crippen molar-refractivity contribution in [2.45, 2.75) is 111 Å². The van der Waals surface area contributed by atoms with Crippen molar-refractivity contribution in [1.29, 1.82) is 0 Å². The number of ether oxygens (including phenoxy) is 6. The second kappa shape index (κ2) is 27.5. The van der Waals surface area contributed by atoms with Crippen molar-refractivity contribution < 1.29 is 28.4 Å². The summed E-state index contributed by atoms with van der Waals surface area (Å²) in [5.74, 6) is 0.324. The lowest BCUT2D eigenvalue weighted by molar-refractivity contribution is -0.0624. The summed E-state index contributed by atoms with van der Waals surface area (Å²) in [5.41, 5.74) is 3.92. The molecular weight excluding hydrogens is 849 g/mol. The van der Waals surface area contributed by atoms with E-state index in [1.807, 2.05) is 79.7 Å². The third kappa shape index (κ3) is 15.8. The van der Waals surface area contributed by atoms with E-state index in [-0.39, 0.29) is 74.4 Å². The molecular formula is C53H68N6O8. The second-order valence-corrected chi connectivity index (χ2v) is 16.4. The van der Waals surface area contributed by atoms with Crippen LogP contribution in [0.3, 0.4) is 0 Å². The summed E-state index contributed by atoms with van der Waals surface area (Å²) >= 11 is 0. The van der Waals surface area contributed by atoms with Gasteiger partial charge in [0, 0.05) is 23.9 Å². The van der Waals surface area contributed by atoms with Crippen LogP contribution < -0.4 is 20.9 Å². The summed E-state index contributed by atoms with van der Waals surface area (Å²) in [6, 6.07) is 40.9. The molecule has 2 aliphatic rings. The Bertz CT molecular complexity index is 2410. The van der Waals surface area contributed by atoms with E-state index >= 15 is 0 Å². The number of methoxy groups -OCH3 is 1. The molecule has 0 radical (unpaired) electrons. The molecule has 0 saturated heterocycles. The molecule has 14 nitrogen and oxygen atoms in total.